The number of aromatic nitrogens is 5. The van der Waals surface area contributed by atoms with Gasteiger partial charge >= 0.3 is 0 Å². The number of fused-ring (bicyclic) bond motifs is 1. The Morgan fingerprint density at radius 1 is 1.10 bits per heavy atom. The van der Waals surface area contributed by atoms with Gasteiger partial charge in [-0.25, -0.2) is 4.98 Å². The van der Waals surface area contributed by atoms with Gasteiger partial charge in [0.2, 0.25) is 0 Å². The molecular formula is C21H25N7O. The minimum Gasteiger partial charge on any atom is -0.496 e. The molecule has 0 spiro atoms. The number of pyridine rings is 1. The highest BCUT2D eigenvalue weighted by atomic mass is 16.5. The van der Waals surface area contributed by atoms with E-state index < -0.39 is 0 Å². The third kappa shape index (κ3) is 3.37. The largest absolute Gasteiger partial charge is 0.496 e. The van der Waals surface area contributed by atoms with Crippen molar-refractivity contribution in [3.63, 3.8) is 0 Å². The molecule has 0 bridgehead atoms. The molecule has 8 heteroatoms. The molecule has 0 radical (unpaired) electrons. The molecule has 0 unspecified atom stereocenters. The van der Waals surface area contributed by atoms with Gasteiger partial charge in [0, 0.05) is 41.8 Å². The van der Waals surface area contributed by atoms with Gasteiger partial charge in [0.25, 0.3) is 0 Å². The quantitative estimate of drug-likeness (QED) is 0.445. The second-order valence-electron chi connectivity index (χ2n) is 7.00. The predicted octanol–water partition coefficient (Wildman–Crippen LogP) is 4.60. The Morgan fingerprint density at radius 3 is 2.62 bits per heavy atom. The van der Waals surface area contributed by atoms with Gasteiger partial charge in [0.1, 0.15) is 11.6 Å². The number of hydrogen-bond donors (Lipinski definition) is 3. The van der Waals surface area contributed by atoms with Crippen molar-refractivity contribution >= 4 is 34.0 Å². The van der Waals surface area contributed by atoms with Crippen LogP contribution in [0, 0.1) is 20.8 Å². The van der Waals surface area contributed by atoms with E-state index in [0.29, 0.717) is 0 Å². The van der Waals surface area contributed by atoms with Gasteiger partial charge in [-0.05, 0) is 39.3 Å². The van der Waals surface area contributed by atoms with Crippen molar-refractivity contribution in [2.45, 2.75) is 34.2 Å². The first-order chi connectivity index (χ1) is 14.0. The maximum absolute atomic E-state index is 5.47. The Balaban J connectivity index is 1.74. The summed E-state index contributed by atoms with van der Waals surface area (Å²) in [5, 5.41) is 19.5. The lowest BCUT2D eigenvalue weighted by Crippen LogP contribution is -2.01. The van der Waals surface area contributed by atoms with Crippen LogP contribution in [0.3, 0.4) is 0 Å². The molecule has 0 amide bonds. The number of nitrogens with zero attached hydrogens (tertiary/aromatic N) is 4. The normalized spacial score (nSPS) is 11.1. The van der Waals surface area contributed by atoms with E-state index in [1.54, 1.807) is 7.11 Å². The second kappa shape index (κ2) is 7.46. The van der Waals surface area contributed by atoms with Gasteiger partial charge in [0.05, 0.1) is 18.0 Å². The maximum Gasteiger partial charge on any atom is 0.161 e. The second-order valence-corrected chi connectivity index (χ2v) is 7.00. The van der Waals surface area contributed by atoms with E-state index in [4.69, 9.17) is 9.84 Å². The summed E-state index contributed by atoms with van der Waals surface area (Å²) in [4.78, 5) is 4.57. The zero-order valence-corrected chi connectivity index (χ0v) is 17.3. The molecule has 0 aliphatic carbocycles. The van der Waals surface area contributed by atoms with Crippen LogP contribution < -0.4 is 15.4 Å². The fraction of sp³-hybridized carbons (Fsp3) is 0.286. The number of nitrogens with one attached hydrogen (secondary N) is 3. The van der Waals surface area contributed by atoms with Crippen LogP contribution in [0.15, 0.2) is 30.6 Å². The van der Waals surface area contributed by atoms with E-state index in [9.17, 15) is 0 Å². The van der Waals surface area contributed by atoms with Crippen LogP contribution in [0.25, 0.3) is 10.9 Å². The molecule has 1 aromatic carbocycles. The number of ether oxygens (including phenoxy) is 1. The van der Waals surface area contributed by atoms with Crippen molar-refractivity contribution in [3.05, 3.63) is 47.3 Å². The van der Waals surface area contributed by atoms with Crippen LogP contribution in [-0.4, -0.2) is 32.1 Å². The lowest BCUT2D eigenvalue weighted by Gasteiger charge is -2.14. The van der Waals surface area contributed by atoms with Gasteiger partial charge in [-0.3, -0.25) is 9.78 Å². The molecule has 0 saturated heterocycles. The molecule has 8 nitrogen and oxygen atoms in total. The average molecular weight is 391 g/mol. The Kier molecular flexibility index (Phi) is 4.84. The monoisotopic (exact) mass is 391 g/mol. The Bertz CT molecular complexity index is 1180. The molecular weight excluding hydrogens is 366 g/mol. The minimum atomic E-state index is 0.725. The molecule has 0 aliphatic heterocycles. The van der Waals surface area contributed by atoms with Crippen LogP contribution >= 0.6 is 0 Å². The summed E-state index contributed by atoms with van der Waals surface area (Å²) in [6.07, 6.45) is 3.68. The molecule has 3 aromatic heterocycles. The first-order valence-corrected chi connectivity index (χ1v) is 9.57. The third-order valence-corrected chi connectivity index (χ3v) is 5.10. The Labute approximate surface area is 169 Å². The van der Waals surface area contributed by atoms with E-state index >= 15 is 0 Å². The van der Waals surface area contributed by atoms with Crippen molar-refractivity contribution in [1.82, 2.24) is 25.0 Å². The highest BCUT2D eigenvalue weighted by Gasteiger charge is 2.15. The van der Waals surface area contributed by atoms with Gasteiger partial charge in [-0.1, -0.05) is 6.07 Å². The number of aryl methyl sites for hydroxylation is 3. The minimum absolute atomic E-state index is 0.725. The molecule has 0 saturated carbocycles. The molecule has 3 heterocycles. The highest BCUT2D eigenvalue weighted by Crippen LogP contribution is 2.34. The van der Waals surface area contributed by atoms with E-state index in [2.05, 4.69) is 39.7 Å². The molecule has 0 fully saturated rings. The fourth-order valence-corrected chi connectivity index (χ4v) is 3.43. The molecule has 3 N–H and O–H groups in total. The zero-order chi connectivity index (χ0) is 20.5. The van der Waals surface area contributed by atoms with E-state index in [0.717, 1.165) is 63.0 Å². The number of anilines is 4. The summed E-state index contributed by atoms with van der Waals surface area (Å²) in [7, 11) is 1.68. The summed E-state index contributed by atoms with van der Waals surface area (Å²) >= 11 is 0. The predicted molar refractivity (Wildman–Crippen MR) is 116 cm³/mol. The molecule has 4 aromatic rings. The van der Waals surface area contributed by atoms with Crippen molar-refractivity contribution < 1.29 is 4.74 Å². The number of methoxy groups -OCH3 is 1. The van der Waals surface area contributed by atoms with Gasteiger partial charge in [-0.2, -0.15) is 10.2 Å². The van der Waals surface area contributed by atoms with Crippen molar-refractivity contribution in [2.24, 2.45) is 0 Å². The number of H-pyrrole nitrogens is 1. The van der Waals surface area contributed by atoms with Crippen LogP contribution in [0.4, 0.5) is 23.1 Å². The summed E-state index contributed by atoms with van der Waals surface area (Å²) in [6.45, 7) is 8.92. The lowest BCUT2D eigenvalue weighted by molar-refractivity contribution is 0.412. The fourth-order valence-electron chi connectivity index (χ4n) is 3.43. The number of hydrogen-bond acceptors (Lipinski definition) is 6. The van der Waals surface area contributed by atoms with Crippen molar-refractivity contribution in [2.75, 3.05) is 17.7 Å². The number of aromatic amines is 1. The summed E-state index contributed by atoms with van der Waals surface area (Å²) in [5.41, 5.74) is 5.21. The van der Waals surface area contributed by atoms with Crippen LogP contribution in [0.5, 0.6) is 5.75 Å². The smallest absolute Gasteiger partial charge is 0.161 e. The van der Waals surface area contributed by atoms with E-state index in [-0.39, 0.29) is 0 Å². The summed E-state index contributed by atoms with van der Waals surface area (Å²) in [6, 6.07) is 6.02. The van der Waals surface area contributed by atoms with E-state index in [1.807, 2.05) is 49.1 Å². The summed E-state index contributed by atoms with van der Waals surface area (Å²) < 4.78 is 7.44. The average Bonchev–Trinajstić information content (AvgIpc) is 3.28. The number of rotatable bonds is 6. The Hall–Kier alpha value is -3.55. The molecule has 0 aliphatic rings. The van der Waals surface area contributed by atoms with Gasteiger partial charge in [-0.15, -0.1) is 0 Å². The van der Waals surface area contributed by atoms with Crippen LogP contribution in [0.2, 0.25) is 0 Å². The molecule has 150 valence electrons. The van der Waals surface area contributed by atoms with Crippen molar-refractivity contribution in [1.29, 1.82) is 0 Å². The first kappa shape index (κ1) is 18.8. The van der Waals surface area contributed by atoms with Crippen LogP contribution in [0.1, 0.15) is 23.6 Å². The number of benzene rings is 1. The van der Waals surface area contributed by atoms with Crippen LogP contribution in [-0.2, 0) is 6.54 Å². The first-order valence-electron chi connectivity index (χ1n) is 9.57. The third-order valence-electron chi connectivity index (χ3n) is 5.10. The molecule has 0 atom stereocenters. The standard InChI is InChI=1S/C21H25N7O/c1-6-28-16-9-18(24-20-13(3)10-23-26-20)22-11-15(16)21(27-28)25-19-12(2)7-8-17(29-5)14(19)4/h7-11H,6H2,1-5H3,(H,25,27)(H2,22,23,24,26). The zero-order valence-electron chi connectivity index (χ0n) is 17.3. The van der Waals surface area contributed by atoms with Crippen molar-refractivity contribution in [3.8, 4) is 5.75 Å². The summed E-state index contributed by atoms with van der Waals surface area (Å²) in [5.74, 6) is 3.11. The SMILES string of the molecule is CCn1nc(Nc2c(C)ccc(OC)c2C)c2cnc(Nc3n[nH]cc3C)cc21. The molecule has 29 heavy (non-hydrogen) atoms. The Morgan fingerprint density at radius 2 is 1.93 bits per heavy atom. The lowest BCUT2D eigenvalue weighted by atomic mass is 10.1. The highest BCUT2D eigenvalue weighted by molar-refractivity contribution is 5.93. The maximum atomic E-state index is 5.47. The van der Waals surface area contributed by atoms with E-state index in [1.165, 1.54) is 0 Å². The van der Waals surface area contributed by atoms with Gasteiger partial charge in [0.15, 0.2) is 11.6 Å². The topological polar surface area (TPSA) is 92.7 Å². The molecule has 4 rings (SSSR count). The van der Waals surface area contributed by atoms with Gasteiger partial charge < -0.3 is 15.4 Å².